The summed E-state index contributed by atoms with van der Waals surface area (Å²) in [5.74, 6) is 2.85. The van der Waals surface area contributed by atoms with E-state index in [4.69, 9.17) is 9.47 Å². The molecule has 0 aliphatic heterocycles. The van der Waals surface area contributed by atoms with Gasteiger partial charge < -0.3 is 9.47 Å². The molecule has 0 amide bonds. The van der Waals surface area contributed by atoms with E-state index >= 15 is 0 Å². The Morgan fingerprint density at radius 2 is 1.94 bits per heavy atom. The normalized spacial score (nSPS) is 42.2. The molecule has 2 aliphatic rings. The van der Waals surface area contributed by atoms with Gasteiger partial charge in [-0.2, -0.15) is 0 Å². The van der Waals surface area contributed by atoms with Crippen LogP contribution in [0.5, 0.6) is 0 Å². The predicted molar refractivity (Wildman–Crippen MR) is 65.1 cm³/mol. The summed E-state index contributed by atoms with van der Waals surface area (Å²) < 4.78 is 10.6. The summed E-state index contributed by atoms with van der Waals surface area (Å²) in [7, 11) is 3.47. The Kier molecular flexibility index (Phi) is 3.60. The minimum atomic E-state index is -0.0110. The van der Waals surface area contributed by atoms with E-state index in [1.807, 2.05) is 0 Å². The summed E-state index contributed by atoms with van der Waals surface area (Å²) in [5, 5.41) is 0. The zero-order valence-electron chi connectivity index (χ0n) is 11.2. The van der Waals surface area contributed by atoms with Crippen LogP contribution < -0.4 is 0 Å². The summed E-state index contributed by atoms with van der Waals surface area (Å²) in [4.78, 5) is 0. The van der Waals surface area contributed by atoms with Gasteiger partial charge in [0.15, 0.2) is 6.29 Å². The van der Waals surface area contributed by atoms with Crippen molar-refractivity contribution < 1.29 is 9.47 Å². The van der Waals surface area contributed by atoms with Crippen LogP contribution in [0.1, 0.15) is 46.0 Å². The third kappa shape index (κ3) is 1.91. The fourth-order valence-electron chi connectivity index (χ4n) is 4.17. The number of rotatable bonds is 5. The van der Waals surface area contributed by atoms with Crippen molar-refractivity contribution >= 4 is 0 Å². The lowest BCUT2D eigenvalue weighted by Gasteiger charge is -2.40. The van der Waals surface area contributed by atoms with Gasteiger partial charge in [-0.05, 0) is 55.3 Å². The van der Waals surface area contributed by atoms with Crippen molar-refractivity contribution in [2.75, 3.05) is 14.2 Å². The molecule has 2 nitrogen and oxygen atoms in total. The van der Waals surface area contributed by atoms with Gasteiger partial charge in [0.2, 0.25) is 0 Å². The van der Waals surface area contributed by atoms with Gasteiger partial charge in [-0.3, -0.25) is 0 Å². The fraction of sp³-hybridized carbons (Fsp3) is 1.00. The van der Waals surface area contributed by atoms with Crippen LogP contribution in [0.3, 0.4) is 0 Å². The van der Waals surface area contributed by atoms with Crippen LogP contribution >= 0.6 is 0 Å². The topological polar surface area (TPSA) is 18.5 Å². The smallest absolute Gasteiger partial charge is 0.156 e. The second kappa shape index (κ2) is 4.66. The van der Waals surface area contributed by atoms with E-state index in [0.29, 0.717) is 5.41 Å². The van der Waals surface area contributed by atoms with E-state index in [-0.39, 0.29) is 6.29 Å². The van der Waals surface area contributed by atoms with Crippen LogP contribution in [-0.4, -0.2) is 20.5 Å². The van der Waals surface area contributed by atoms with Gasteiger partial charge in [0.05, 0.1) is 0 Å². The van der Waals surface area contributed by atoms with Gasteiger partial charge in [-0.25, -0.2) is 0 Å². The Balaban J connectivity index is 1.93. The van der Waals surface area contributed by atoms with E-state index in [0.717, 1.165) is 24.2 Å². The van der Waals surface area contributed by atoms with Crippen LogP contribution in [0.15, 0.2) is 0 Å². The van der Waals surface area contributed by atoms with E-state index in [1.165, 1.54) is 25.7 Å². The molecule has 94 valence electrons. The van der Waals surface area contributed by atoms with Gasteiger partial charge in [-0.1, -0.05) is 13.8 Å². The molecule has 0 spiro atoms. The summed E-state index contributed by atoms with van der Waals surface area (Å²) in [6, 6.07) is 0. The maximum Gasteiger partial charge on any atom is 0.156 e. The molecule has 2 saturated carbocycles. The molecule has 2 fully saturated rings. The molecule has 2 bridgehead atoms. The Labute approximate surface area is 99.7 Å². The van der Waals surface area contributed by atoms with E-state index in [1.54, 1.807) is 14.2 Å². The summed E-state index contributed by atoms with van der Waals surface area (Å²) in [6.07, 6.45) is 6.68. The molecular formula is C14H26O2. The minimum Gasteiger partial charge on any atom is -0.356 e. The van der Waals surface area contributed by atoms with Crippen LogP contribution in [0.2, 0.25) is 0 Å². The molecule has 4 atom stereocenters. The predicted octanol–water partition coefficient (Wildman–Crippen LogP) is 3.46. The average Bonchev–Trinajstić information content (AvgIpc) is 2.85. The molecule has 4 unspecified atom stereocenters. The first-order chi connectivity index (χ1) is 7.61. The van der Waals surface area contributed by atoms with Gasteiger partial charge >= 0.3 is 0 Å². The van der Waals surface area contributed by atoms with Crippen LogP contribution in [-0.2, 0) is 9.47 Å². The maximum absolute atomic E-state index is 5.30. The van der Waals surface area contributed by atoms with E-state index in [9.17, 15) is 0 Å². The highest BCUT2D eigenvalue weighted by atomic mass is 16.7. The van der Waals surface area contributed by atoms with Crippen LogP contribution in [0.4, 0.5) is 0 Å². The lowest BCUT2D eigenvalue weighted by molar-refractivity contribution is -0.114. The molecule has 0 radical (unpaired) electrons. The van der Waals surface area contributed by atoms with Crippen molar-refractivity contribution in [3.63, 3.8) is 0 Å². The van der Waals surface area contributed by atoms with Crippen molar-refractivity contribution in [3.8, 4) is 0 Å². The molecular weight excluding hydrogens is 200 g/mol. The summed E-state index contributed by atoms with van der Waals surface area (Å²) in [5.41, 5.74) is 0.540. The quantitative estimate of drug-likeness (QED) is 0.668. The Morgan fingerprint density at radius 3 is 2.44 bits per heavy atom. The van der Waals surface area contributed by atoms with Crippen molar-refractivity contribution in [3.05, 3.63) is 0 Å². The molecule has 0 saturated heterocycles. The summed E-state index contributed by atoms with van der Waals surface area (Å²) >= 11 is 0. The minimum absolute atomic E-state index is 0.0110. The van der Waals surface area contributed by atoms with Crippen molar-refractivity contribution in [1.29, 1.82) is 0 Å². The average molecular weight is 226 g/mol. The second-order valence-corrected chi connectivity index (χ2v) is 6.00. The Bertz CT molecular complexity index is 233. The van der Waals surface area contributed by atoms with Crippen molar-refractivity contribution in [1.82, 2.24) is 0 Å². The van der Waals surface area contributed by atoms with Crippen LogP contribution in [0, 0.1) is 23.2 Å². The number of methoxy groups -OCH3 is 2. The Morgan fingerprint density at radius 1 is 1.25 bits per heavy atom. The SMILES string of the molecule is COC(CCC1(C)C2CCC(C2)C1C)OC. The summed E-state index contributed by atoms with van der Waals surface area (Å²) in [6.45, 7) is 4.95. The monoisotopic (exact) mass is 226 g/mol. The zero-order valence-corrected chi connectivity index (χ0v) is 11.2. The first kappa shape index (κ1) is 12.4. The third-order valence-corrected chi connectivity index (χ3v) is 5.60. The molecule has 0 aromatic carbocycles. The molecule has 16 heavy (non-hydrogen) atoms. The number of fused-ring (bicyclic) bond motifs is 2. The molecule has 2 aliphatic carbocycles. The van der Waals surface area contributed by atoms with Gasteiger partial charge in [0, 0.05) is 14.2 Å². The largest absolute Gasteiger partial charge is 0.356 e. The van der Waals surface area contributed by atoms with E-state index in [2.05, 4.69) is 13.8 Å². The molecule has 2 rings (SSSR count). The van der Waals surface area contributed by atoms with Crippen LogP contribution in [0.25, 0.3) is 0 Å². The number of hydrogen-bond acceptors (Lipinski definition) is 2. The first-order valence-electron chi connectivity index (χ1n) is 6.67. The zero-order chi connectivity index (χ0) is 11.8. The van der Waals surface area contributed by atoms with Crippen molar-refractivity contribution in [2.45, 2.75) is 52.2 Å². The van der Waals surface area contributed by atoms with Crippen molar-refractivity contribution in [2.24, 2.45) is 23.2 Å². The van der Waals surface area contributed by atoms with Gasteiger partial charge in [-0.15, -0.1) is 0 Å². The van der Waals surface area contributed by atoms with E-state index < -0.39 is 0 Å². The lowest BCUT2D eigenvalue weighted by atomic mass is 9.66. The first-order valence-corrected chi connectivity index (χ1v) is 6.67. The molecule has 0 N–H and O–H groups in total. The highest BCUT2D eigenvalue weighted by Gasteiger charge is 2.52. The molecule has 0 heterocycles. The Hall–Kier alpha value is -0.0800. The molecule has 0 aromatic heterocycles. The standard InChI is InChI=1S/C14H26O2/c1-10-11-5-6-12(9-11)14(10,2)8-7-13(15-3)16-4/h10-13H,5-9H2,1-4H3. The number of ether oxygens (including phenoxy) is 2. The van der Waals surface area contributed by atoms with Gasteiger partial charge in [0.25, 0.3) is 0 Å². The third-order valence-electron chi connectivity index (χ3n) is 5.60. The number of hydrogen-bond donors (Lipinski definition) is 0. The molecule has 2 heteroatoms. The highest BCUT2D eigenvalue weighted by molar-refractivity contribution is 5.02. The van der Waals surface area contributed by atoms with Gasteiger partial charge in [0.1, 0.15) is 0 Å². The molecule has 0 aromatic rings. The lowest BCUT2D eigenvalue weighted by Crippen LogP contribution is -2.33. The highest BCUT2D eigenvalue weighted by Crippen LogP contribution is 2.61. The fourth-order valence-corrected chi connectivity index (χ4v) is 4.17. The maximum atomic E-state index is 5.30. The second-order valence-electron chi connectivity index (χ2n) is 6.00.